The normalized spacial score (nSPS) is 11.6. The second-order valence-corrected chi connectivity index (χ2v) is 6.64. The van der Waals surface area contributed by atoms with Gasteiger partial charge in [0.2, 0.25) is 0 Å². The van der Waals surface area contributed by atoms with Crippen LogP contribution >= 0.6 is 0 Å². The number of Topliss-reactive ketones (excluding diaryl/α,β-unsaturated/α-hetero) is 1. The molecule has 0 aliphatic carbocycles. The first kappa shape index (κ1) is 16.6. The number of sulfone groups is 1. The Morgan fingerprint density at radius 1 is 1.25 bits per heavy atom. The molecule has 0 amide bonds. The summed E-state index contributed by atoms with van der Waals surface area (Å²) in [6.07, 6.45) is 0.360. The van der Waals surface area contributed by atoms with E-state index in [9.17, 15) is 22.0 Å². The third-order valence-electron chi connectivity index (χ3n) is 2.70. The summed E-state index contributed by atoms with van der Waals surface area (Å²) in [5.41, 5.74) is 0.348. The Kier molecular flexibility index (Phi) is 6.06. The molecule has 0 spiro atoms. The first-order chi connectivity index (χ1) is 9.34. The van der Waals surface area contributed by atoms with Gasteiger partial charge in [0.1, 0.15) is 15.6 Å². The fourth-order valence-electron chi connectivity index (χ4n) is 1.56. The molecule has 0 aliphatic rings. The molecule has 0 N–H and O–H groups in total. The first-order valence-electron chi connectivity index (χ1n) is 6.12. The summed E-state index contributed by atoms with van der Waals surface area (Å²) >= 11 is 0. The fourth-order valence-corrected chi connectivity index (χ4v) is 2.44. The minimum absolute atomic E-state index is 0.0230. The molecule has 7 heteroatoms. The number of carbonyl (C=O) groups is 1. The molecule has 0 saturated heterocycles. The molecule has 0 atom stereocenters. The van der Waals surface area contributed by atoms with Gasteiger partial charge < -0.3 is 4.74 Å². The maximum absolute atomic E-state index is 11.9. The molecule has 0 aromatic heterocycles. The molecule has 0 heterocycles. The van der Waals surface area contributed by atoms with Gasteiger partial charge in [0.05, 0.1) is 5.75 Å². The van der Waals surface area contributed by atoms with Crippen LogP contribution in [0.1, 0.15) is 30.1 Å². The standard InChI is InChI=1S/C13H16F2O4S/c1-2-20(17,18)9-3-4-12(16)10-5-7-11(8-6-10)19-13(14)15/h5-8,13H,2-4,9H2,1H3. The Labute approximate surface area is 116 Å². The van der Waals surface area contributed by atoms with Crippen molar-refractivity contribution in [1.82, 2.24) is 0 Å². The van der Waals surface area contributed by atoms with Crippen molar-refractivity contribution in [3.63, 3.8) is 0 Å². The number of carbonyl (C=O) groups excluding carboxylic acids is 1. The number of halogens is 2. The van der Waals surface area contributed by atoms with E-state index in [0.717, 1.165) is 0 Å². The van der Waals surface area contributed by atoms with Gasteiger partial charge in [0.25, 0.3) is 0 Å². The van der Waals surface area contributed by atoms with Crippen molar-refractivity contribution in [3.05, 3.63) is 29.8 Å². The van der Waals surface area contributed by atoms with Gasteiger partial charge >= 0.3 is 6.61 Å². The van der Waals surface area contributed by atoms with Crippen molar-refractivity contribution < 1.29 is 26.7 Å². The number of alkyl halides is 2. The lowest BCUT2D eigenvalue weighted by Crippen LogP contribution is -2.10. The van der Waals surface area contributed by atoms with Crippen LogP contribution in [0.15, 0.2) is 24.3 Å². The highest BCUT2D eigenvalue weighted by Crippen LogP contribution is 2.16. The maximum atomic E-state index is 11.9. The molecule has 1 aromatic rings. The Bertz CT molecular complexity index is 538. The number of ether oxygens (including phenoxy) is 1. The summed E-state index contributed by atoms with van der Waals surface area (Å²) in [7, 11) is -3.07. The first-order valence-corrected chi connectivity index (χ1v) is 7.94. The quantitative estimate of drug-likeness (QED) is 0.693. The van der Waals surface area contributed by atoms with Crippen LogP contribution in [0, 0.1) is 0 Å². The van der Waals surface area contributed by atoms with Crippen molar-refractivity contribution in [2.24, 2.45) is 0 Å². The monoisotopic (exact) mass is 306 g/mol. The molecule has 0 aliphatic heterocycles. The van der Waals surface area contributed by atoms with Crippen molar-refractivity contribution >= 4 is 15.6 Å². The average Bonchev–Trinajstić information content (AvgIpc) is 2.38. The SMILES string of the molecule is CCS(=O)(=O)CCCC(=O)c1ccc(OC(F)F)cc1. The van der Waals surface area contributed by atoms with E-state index in [1.165, 1.54) is 24.3 Å². The molecule has 0 unspecified atom stereocenters. The highest BCUT2D eigenvalue weighted by Gasteiger charge is 2.11. The average molecular weight is 306 g/mol. The van der Waals surface area contributed by atoms with E-state index in [4.69, 9.17) is 0 Å². The molecule has 4 nitrogen and oxygen atoms in total. The van der Waals surface area contributed by atoms with Gasteiger partial charge in [-0.1, -0.05) is 6.92 Å². The summed E-state index contributed by atoms with van der Waals surface area (Å²) in [4.78, 5) is 11.8. The van der Waals surface area contributed by atoms with E-state index in [0.29, 0.717) is 5.56 Å². The molecule has 0 fully saturated rings. The Balaban J connectivity index is 2.52. The van der Waals surface area contributed by atoms with Gasteiger partial charge in [-0.15, -0.1) is 0 Å². The summed E-state index contributed by atoms with van der Waals surface area (Å²) in [5.74, 6) is -0.215. The van der Waals surface area contributed by atoms with Crippen molar-refractivity contribution in [1.29, 1.82) is 0 Å². The van der Waals surface area contributed by atoms with Crippen LogP contribution in [-0.4, -0.2) is 32.3 Å². The van der Waals surface area contributed by atoms with Gasteiger partial charge in [-0.05, 0) is 30.7 Å². The lowest BCUT2D eigenvalue weighted by Gasteiger charge is -2.05. The number of benzene rings is 1. The maximum Gasteiger partial charge on any atom is 0.387 e. The van der Waals surface area contributed by atoms with Crippen molar-refractivity contribution in [3.8, 4) is 5.75 Å². The van der Waals surface area contributed by atoms with Crippen molar-refractivity contribution in [2.45, 2.75) is 26.4 Å². The predicted molar refractivity (Wildman–Crippen MR) is 71.0 cm³/mol. The zero-order chi connectivity index (χ0) is 15.2. The Morgan fingerprint density at radius 3 is 2.35 bits per heavy atom. The van der Waals surface area contributed by atoms with Crippen LogP contribution in [0.4, 0.5) is 8.78 Å². The second-order valence-electron chi connectivity index (χ2n) is 4.17. The second kappa shape index (κ2) is 7.33. The number of hydrogen-bond acceptors (Lipinski definition) is 4. The molecule has 0 radical (unpaired) electrons. The molecule has 1 aromatic carbocycles. The third kappa shape index (κ3) is 5.64. The summed E-state index contributed by atoms with van der Waals surface area (Å²) in [5, 5.41) is 0. The van der Waals surface area contributed by atoms with Gasteiger partial charge in [-0.2, -0.15) is 8.78 Å². The van der Waals surface area contributed by atoms with Gasteiger partial charge in [-0.3, -0.25) is 4.79 Å². The van der Waals surface area contributed by atoms with Crippen LogP contribution in [0.3, 0.4) is 0 Å². The predicted octanol–water partition coefficient (Wildman–Crippen LogP) is 2.69. The van der Waals surface area contributed by atoms with Gasteiger partial charge in [-0.25, -0.2) is 8.42 Å². The van der Waals surface area contributed by atoms with E-state index in [1.807, 2.05) is 0 Å². The van der Waals surface area contributed by atoms with E-state index >= 15 is 0 Å². The van der Waals surface area contributed by atoms with Crippen molar-refractivity contribution in [2.75, 3.05) is 11.5 Å². The van der Waals surface area contributed by atoms with Crippen LogP contribution in [0.25, 0.3) is 0 Å². The molecule has 0 bridgehead atoms. The highest BCUT2D eigenvalue weighted by atomic mass is 32.2. The number of hydrogen-bond donors (Lipinski definition) is 0. The van der Waals surface area contributed by atoms with E-state index in [2.05, 4.69) is 4.74 Å². The molecule has 1 rings (SSSR count). The minimum Gasteiger partial charge on any atom is -0.435 e. The minimum atomic E-state index is -3.07. The highest BCUT2D eigenvalue weighted by molar-refractivity contribution is 7.91. The van der Waals surface area contributed by atoms with Gasteiger partial charge in [0.15, 0.2) is 5.78 Å². The largest absolute Gasteiger partial charge is 0.435 e. The smallest absolute Gasteiger partial charge is 0.387 e. The van der Waals surface area contributed by atoms with Crippen LogP contribution in [-0.2, 0) is 9.84 Å². The van der Waals surface area contributed by atoms with Gasteiger partial charge in [0, 0.05) is 17.7 Å². The van der Waals surface area contributed by atoms with Crippen LogP contribution in [0.2, 0.25) is 0 Å². The molecular formula is C13H16F2O4S. The Morgan fingerprint density at radius 2 is 1.85 bits per heavy atom. The fraction of sp³-hybridized carbons (Fsp3) is 0.462. The zero-order valence-corrected chi connectivity index (χ0v) is 11.8. The zero-order valence-electron chi connectivity index (χ0n) is 11.0. The Hall–Kier alpha value is -1.50. The third-order valence-corrected chi connectivity index (χ3v) is 4.49. The van der Waals surface area contributed by atoms with E-state index < -0.39 is 16.4 Å². The summed E-state index contributed by atoms with van der Waals surface area (Å²) in [6.45, 7) is -1.35. The summed E-state index contributed by atoms with van der Waals surface area (Å²) in [6, 6.07) is 5.33. The molecule has 0 saturated carbocycles. The lowest BCUT2D eigenvalue weighted by molar-refractivity contribution is -0.0498. The topological polar surface area (TPSA) is 60.4 Å². The van der Waals surface area contributed by atoms with Crippen LogP contribution < -0.4 is 4.74 Å². The van der Waals surface area contributed by atoms with Crippen LogP contribution in [0.5, 0.6) is 5.75 Å². The molecule has 20 heavy (non-hydrogen) atoms. The molecular weight excluding hydrogens is 290 g/mol. The van der Waals surface area contributed by atoms with E-state index in [-0.39, 0.29) is 35.9 Å². The lowest BCUT2D eigenvalue weighted by atomic mass is 10.1. The number of rotatable bonds is 8. The van der Waals surface area contributed by atoms with E-state index in [1.54, 1.807) is 6.92 Å². The molecule has 112 valence electrons. The number of ketones is 1. The summed E-state index contributed by atoms with van der Waals surface area (Å²) < 4.78 is 50.6.